The zero-order valence-electron chi connectivity index (χ0n) is 13.1. The Bertz CT molecular complexity index is 647. The Hall–Kier alpha value is -2.15. The van der Waals surface area contributed by atoms with Gasteiger partial charge in [-0.25, -0.2) is 9.59 Å². The van der Waals surface area contributed by atoms with Crippen molar-refractivity contribution in [3.8, 4) is 0 Å². The molecular weight excluding hydrogens is 318 g/mol. The van der Waals surface area contributed by atoms with E-state index in [2.05, 4.69) is 5.32 Å². The first-order valence-corrected chi connectivity index (χ1v) is 8.29. The molecule has 0 unspecified atom stereocenters. The number of rotatable bonds is 6. The third-order valence-corrected chi connectivity index (χ3v) is 4.51. The van der Waals surface area contributed by atoms with Gasteiger partial charge in [-0.15, -0.1) is 11.3 Å². The second kappa shape index (κ2) is 7.92. The standard InChI is InChI=1S/C16H19NO5S/c1-3-6-13(19)22-9-12(18)17-15-14(16(20)21-4-2)10-7-5-8-11(10)23-15/h3,6H,4-5,7-9H2,1-2H3,(H,17,18). The number of hydrogen-bond donors (Lipinski definition) is 1. The van der Waals surface area contributed by atoms with Gasteiger partial charge in [0.15, 0.2) is 6.61 Å². The number of carbonyl (C=O) groups excluding carboxylic acids is 3. The van der Waals surface area contributed by atoms with Gasteiger partial charge in [0.1, 0.15) is 5.00 Å². The summed E-state index contributed by atoms with van der Waals surface area (Å²) in [5.41, 5.74) is 1.41. The minimum absolute atomic E-state index is 0.276. The third kappa shape index (κ3) is 4.19. The summed E-state index contributed by atoms with van der Waals surface area (Å²) in [6.45, 7) is 3.30. The molecule has 1 amide bonds. The maximum absolute atomic E-state index is 12.2. The van der Waals surface area contributed by atoms with Crippen molar-refractivity contribution in [1.82, 2.24) is 0 Å². The van der Waals surface area contributed by atoms with E-state index in [1.165, 1.54) is 23.5 Å². The Labute approximate surface area is 138 Å². The molecule has 1 aromatic rings. The highest BCUT2D eigenvalue weighted by Crippen LogP contribution is 2.39. The van der Waals surface area contributed by atoms with Crippen LogP contribution < -0.4 is 5.32 Å². The largest absolute Gasteiger partial charge is 0.462 e. The van der Waals surface area contributed by atoms with Crippen LogP contribution in [0.3, 0.4) is 0 Å². The normalized spacial score (nSPS) is 13.0. The summed E-state index contributed by atoms with van der Waals surface area (Å²) >= 11 is 1.39. The number of fused-ring (bicyclic) bond motifs is 1. The van der Waals surface area contributed by atoms with E-state index in [-0.39, 0.29) is 6.61 Å². The van der Waals surface area contributed by atoms with Crippen LogP contribution in [0.25, 0.3) is 0 Å². The van der Waals surface area contributed by atoms with E-state index in [1.54, 1.807) is 13.8 Å². The number of esters is 2. The first kappa shape index (κ1) is 17.2. The van der Waals surface area contributed by atoms with Crippen LogP contribution in [0.2, 0.25) is 0 Å². The molecule has 0 saturated carbocycles. The number of allylic oxidation sites excluding steroid dienone is 1. The predicted octanol–water partition coefficient (Wildman–Crippen LogP) is 2.47. The summed E-state index contributed by atoms with van der Waals surface area (Å²) in [4.78, 5) is 36.4. The fourth-order valence-electron chi connectivity index (χ4n) is 2.40. The van der Waals surface area contributed by atoms with Crippen LogP contribution in [-0.4, -0.2) is 31.1 Å². The van der Waals surface area contributed by atoms with Crippen LogP contribution in [0.4, 0.5) is 5.00 Å². The second-order valence-corrected chi connectivity index (χ2v) is 6.04. The average Bonchev–Trinajstić information content (AvgIpc) is 3.06. The van der Waals surface area contributed by atoms with Crippen molar-refractivity contribution < 1.29 is 23.9 Å². The van der Waals surface area contributed by atoms with Crippen LogP contribution in [-0.2, 0) is 31.9 Å². The van der Waals surface area contributed by atoms with Crippen LogP contribution in [0.15, 0.2) is 12.2 Å². The summed E-state index contributed by atoms with van der Waals surface area (Å²) in [5, 5.41) is 3.13. The Morgan fingerprint density at radius 2 is 2.04 bits per heavy atom. The molecule has 0 radical (unpaired) electrons. The number of thiophene rings is 1. The molecule has 0 bridgehead atoms. The monoisotopic (exact) mass is 337 g/mol. The molecule has 0 fully saturated rings. The Balaban J connectivity index is 2.09. The van der Waals surface area contributed by atoms with Crippen LogP contribution in [0.1, 0.15) is 41.1 Å². The fourth-order valence-corrected chi connectivity index (χ4v) is 3.69. The third-order valence-electron chi connectivity index (χ3n) is 3.30. The zero-order valence-corrected chi connectivity index (χ0v) is 14.0. The highest BCUT2D eigenvalue weighted by Gasteiger charge is 2.28. The lowest BCUT2D eigenvalue weighted by atomic mass is 10.1. The number of carbonyl (C=O) groups is 3. The molecule has 0 atom stereocenters. The van der Waals surface area contributed by atoms with E-state index >= 15 is 0 Å². The van der Waals surface area contributed by atoms with Crippen LogP contribution >= 0.6 is 11.3 Å². The quantitative estimate of drug-likeness (QED) is 0.637. The van der Waals surface area contributed by atoms with Gasteiger partial charge in [-0.3, -0.25) is 4.79 Å². The van der Waals surface area contributed by atoms with E-state index in [4.69, 9.17) is 9.47 Å². The molecule has 1 aromatic heterocycles. The van der Waals surface area contributed by atoms with Gasteiger partial charge in [-0.2, -0.15) is 0 Å². The molecule has 1 aliphatic carbocycles. The SMILES string of the molecule is CC=CC(=O)OCC(=O)Nc1sc2c(c1C(=O)OCC)CCC2. The second-order valence-electron chi connectivity index (χ2n) is 4.94. The lowest BCUT2D eigenvalue weighted by Crippen LogP contribution is -2.21. The minimum atomic E-state index is -0.582. The van der Waals surface area contributed by atoms with E-state index < -0.39 is 24.5 Å². The van der Waals surface area contributed by atoms with Crippen molar-refractivity contribution in [2.45, 2.75) is 33.1 Å². The fraction of sp³-hybridized carbons (Fsp3) is 0.438. The van der Waals surface area contributed by atoms with Crippen LogP contribution in [0.5, 0.6) is 0 Å². The molecule has 124 valence electrons. The molecule has 0 saturated heterocycles. The maximum Gasteiger partial charge on any atom is 0.341 e. The summed E-state index contributed by atoms with van der Waals surface area (Å²) in [6.07, 6.45) is 5.48. The molecule has 23 heavy (non-hydrogen) atoms. The molecule has 7 heteroatoms. The van der Waals surface area contributed by atoms with E-state index in [0.29, 0.717) is 10.6 Å². The van der Waals surface area contributed by atoms with Gasteiger partial charge in [0, 0.05) is 11.0 Å². The molecule has 0 aliphatic heterocycles. The molecule has 1 heterocycles. The Morgan fingerprint density at radius 3 is 2.74 bits per heavy atom. The summed E-state index contributed by atoms with van der Waals surface area (Å²) < 4.78 is 9.88. The van der Waals surface area contributed by atoms with Gasteiger partial charge in [-0.1, -0.05) is 6.08 Å². The molecule has 0 spiro atoms. The molecule has 1 aliphatic rings. The van der Waals surface area contributed by atoms with Gasteiger partial charge in [0.05, 0.1) is 12.2 Å². The van der Waals surface area contributed by atoms with Gasteiger partial charge in [0.2, 0.25) is 0 Å². The Kier molecular flexibility index (Phi) is 5.92. The predicted molar refractivity (Wildman–Crippen MR) is 86.7 cm³/mol. The van der Waals surface area contributed by atoms with Crippen molar-refractivity contribution in [3.63, 3.8) is 0 Å². The molecule has 0 aromatic carbocycles. The highest BCUT2D eigenvalue weighted by atomic mass is 32.1. The van der Waals surface area contributed by atoms with Crippen molar-refractivity contribution in [3.05, 3.63) is 28.2 Å². The van der Waals surface area contributed by atoms with Gasteiger partial charge < -0.3 is 14.8 Å². The first-order chi connectivity index (χ1) is 11.1. The van der Waals surface area contributed by atoms with Gasteiger partial charge in [-0.05, 0) is 38.7 Å². The van der Waals surface area contributed by atoms with Gasteiger partial charge >= 0.3 is 11.9 Å². The van der Waals surface area contributed by atoms with Gasteiger partial charge in [0.25, 0.3) is 5.91 Å². The highest BCUT2D eigenvalue weighted by molar-refractivity contribution is 7.17. The lowest BCUT2D eigenvalue weighted by Gasteiger charge is -2.08. The lowest BCUT2D eigenvalue weighted by molar-refractivity contribution is -0.142. The van der Waals surface area contributed by atoms with Crippen molar-refractivity contribution >= 4 is 34.2 Å². The molecule has 2 rings (SSSR count). The first-order valence-electron chi connectivity index (χ1n) is 7.47. The van der Waals surface area contributed by atoms with Crippen molar-refractivity contribution in [1.29, 1.82) is 0 Å². The summed E-state index contributed by atoms with van der Waals surface area (Å²) in [7, 11) is 0. The van der Waals surface area contributed by atoms with E-state index in [0.717, 1.165) is 29.7 Å². The minimum Gasteiger partial charge on any atom is -0.462 e. The number of amides is 1. The topological polar surface area (TPSA) is 81.7 Å². The van der Waals surface area contributed by atoms with E-state index in [1.807, 2.05) is 0 Å². The number of ether oxygens (including phenoxy) is 2. The number of hydrogen-bond acceptors (Lipinski definition) is 6. The Morgan fingerprint density at radius 1 is 1.26 bits per heavy atom. The number of anilines is 1. The zero-order chi connectivity index (χ0) is 16.8. The average molecular weight is 337 g/mol. The van der Waals surface area contributed by atoms with E-state index in [9.17, 15) is 14.4 Å². The van der Waals surface area contributed by atoms with Crippen molar-refractivity contribution in [2.75, 3.05) is 18.5 Å². The molecular formula is C16H19NO5S. The van der Waals surface area contributed by atoms with Crippen LogP contribution in [0, 0.1) is 0 Å². The maximum atomic E-state index is 12.2. The number of aryl methyl sites for hydroxylation is 1. The van der Waals surface area contributed by atoms with Crippen molar-refractivity contribution in [2.24, 2.45) is 0 Å². The summed E-state index contributed by atoms with van der Waals surface area (Å²) in [6, 6.07) is 0. The number of nitrogens with one attached hydrogen (secondary N) is 1. The molecule has 1 N–H and O–H groups in total. The summed E-state index contributed by atoms with van der Waals surface area (Å²) in [5.74, 6) is -1.48. The molecule has 6 nitrogen and oxygen atoms in total. The smallest absolute Gasteiger partial charge is 0.341 e.